The number of nitrogens with zero attached hydrogens (tertiary/aromatic N) is 4. The van der Waals surface area contributed by atoms with E-state index in [1.807, 2.05) is 61.1 Å². The number of hydrogen-bond donors (Lipinski definition) is 0. The molecule has 0 aliphatic rings. The van der Waals surface area contributed by atoms with Crippen LogP contribution in [0.4, 0.5) is 0 Å². The quantitative estimate of drug-likeness (QED) is 0.384. The summed E-state index contributed by atoms with van der Waals surface area (Å²) < 4.78 is 2.83. The number of pyridine rings is 1. The van der Waals surface area contributed by atoms with Gasteiger partial charge >= 0.3 is 0 Å². The third-order valence-corrected chi connectivity index (χ3v) is 5.67. The van der Waals surface area contributed by atoms with Crippen LogP contribution in [0, 0.1) is 6.92 Å². The Morgan fingerprint density at radius 1 is 1.16 bits per heavy atom. The van der Waals surface area contributed by atoms with Gasteiger partial charge in [0.05, 0.1) is 35.3 Å². The molecule has 0 spiro atoms. The second kappa shape index (κ2) is 8.86. The molecule has 4 rings (SSSR count). The van der Waals surface area contributed by atoms with Gasteiger partial charge in [0.25, 0.3) is 5.91 Å². The van der Waals surface area contributed by atoms with Crippen molar-refractivity contribution in [3.05, 3.63) is 93.6 Å². The third kappa shape index (κ3) is 4.75. The standard InChI is InChI=1S/C25H23BrN4O/c1-17-5-4-6-18(11-17)7-9-20-13-23(22-12-19(26)8-10-24(22)28-20)25(31)29(2)15-21-14-27-16-30(21)3/h4-14,16H,15H2,1-3H3/b9-7+. The minimum Gasteiger partial charge on any atom is -0.336 e. The molecule has 1 amide bonds. The van der Waals surface area contributed by atoms with Crippen molar-refractivity contribution in [3.63, 3.8) is 0 Å². The van der Waals surface area contributed by atoms with Gasteiger partial charge in [-0.25, -0.2) is 9.97 Å². The first-order chi connectivity index (χ1) is 14.9. The number of aromatic nitrogens is 3. The molecule has 4 aromatic rings. The summed E-state index contributed by atoms with van der Waals surface area (Å²) in [6.45, 7) is 2.54. The summed E-state index contributed by atoms with van der Waals surface area (Å²) in [5, 5.41) is 0.823. The van der Waals surface area contributed by atoms with Gasteiger partial charge in [-0.3, -0.25) is 4.79 Å². The molecule has 2 aromatic carbocycles. The van der Waals surface area contributed by atoms with Crippen molar-refractivity contribution >= 4 is 44.9 Å². The lowest BCUT2D eigenvalue weighted by Crippen LogP contribution is -2.27. The van der Waals surface area contributed by atoms with E-state index in [2.05, 4.69) is 46.0 Å². The molecule has 5 nitrogen and oxygen atoms in total. The van der Waals surface area contributed by atoms with Crippen molar-refractivity contribution in [2.75, 3.05) is 7.05 Å². The van der Waals surface area contributed by atoms with Gasteiger partial charge in [0, 0.05) is 30.2 Å². The van der Waals surface area contributed by atoms with Crippen molar-refractivity contribution in [1.29, 1.82) is 0 Å². The van der Waals surface area contributed by atoms with Gasteiger partial charge in [-0.1, -0.05) is 51.8 Å². The number of rotatable bonds is 5. The Balaban J connectivity index is 1.72. The van der Waals surface area contributed by atoms with Gasteiger partial charge in [-0.2, -0.15) is 0 Å². The van der Waals surface area contributed by atoms with Gasteiger partial charge in [0.1, 0.15) is 0 Å². The smallest absolute Gasteiger partial charge is 0.254 e. The highest BCUT2D eigenvalue weighted by Crippen LogP contribution is 2.25. The van der Waals surface area contributed by atoms with Crippen LogP contribution in [0.5, 0.6) is 0 Å². The molecule has 0 unspecified atom stereocenters. The van der Waals surface area contributed by atoms with Gasteiger partial charge in [0.15, 0.2) is 0 Å². The highest BCUT2D eigenvalue weighted by molar-refractivity contribution is 9.10. The summed E-state index contributed by atoms with van der Waals surface area (Å²) in [6.07, 6.45) is 7.49. The van der Waals surface area contributed by atoms with E-state index in [0.717, 1.165) is 32.3 Å². The lowest BCUT2D eigenvalue weighted by atomic mass is 10.1. The lowest BCUT2D eigenvalue weighted by Gasteiger charge is -2.19. The van der Waals surface area contributed by atoms with Crippen molar-refractivity contribution in [2.24, 2.45) is 7.05 Å². The molecule has 2 heterocycles. The van der Waals surface area contributed by atoms with E-state index in [-0.39, 0.29) is 5.91 Å². The Kier molecular flexibility index (Phi) is 6.00. The summed E-state index contributed by atoms with van der Waals surface area (Å²) in [7, 11) is 3.73. The first kappa shape index (κ1) is 21.0. The molecule has 31 heavy (non-hydrogen) atoms. The normalized spacial score (nSPS) is 11.4. The number of carbonyl (C=O) groups excluding carboxylic acids is 1. The second-order valence-corrected chi connectivity index (χ2v) is 8.58. The monoisotopic (exact) mass is 474 g/mol. The molecule has 0 saturated heterocycles. The van der Waals surface area contributed by atoms with E-state index in [0.29, 0.717) is 12.1 Å². The van der Waals surface area contributed by atoms with Crippen molar-refractivity contribution < 1.29 is 4.79 Å². The van der Waals surface area contributed by atoms with Crippen LogP contribution < -0.4 is 0 Å². The number of imidazole rings is 1. The maximum atomic E-state index is 13.4. The van der Waals surface area contributed by atoms with Crippen molar-refractivity contribution in [3.8, 4) is 0 Å². The second-order valence-electron chi connectivity index (χ2n) is 7.66. The van der Waals surface area contributed by atoms with E-state index in [9.17, 15) is 4.79 Å². The minimum atomic E-state index is -0.0584. The Labute approximate surface area is 190 Å². The number of benzene rings is 2. The number of halogens is 1. The average molecular weight is 475 g/mol. The maximum Gasteiger partial charge on any atom is 0.254 e. The van der Waals surface area contributed by atoms with E-state index >= 15 is 0 Å². The molecule has 6 heteroatoms. The lowest BCUT2D eigenvalue weighted by molar-refractivity contribution is 0.0784. The fourth-order valence-corrected chi connectivity index (χ4v) is 3.85. The van der Waals surface area contributed by atoms with Crippen LogP contribution in [0.25, 0.3) is 23.1 Å². The first-order valence-corrected chi connectivity index (χ1v) is 10.8. The van der Waals surface area contributed by atoms with Crippen LogP contribution in [-0.2, 0) is 13.6 Å². The Hall–Kier alpha value is -3.25. The van der Waals surface area contributed by atoms with Gasteiger partial charge in [-0.15, -0.1) is 0 Å². The number of carbonyl (C=O) groups is 1. The number of fused-ring (bicyclic) bond motifs is 1. The SMILES string of the molecule is Cc1cccc(/C=C/c2cc(C(=O)N(C)Cc3cncn3C)c3cc(Br)ccc3n2)c1. The minimum absolute atomic E-state index is 0.0584. The van der Waals surface area contributed by atoms with Gasteiger partial charge < -0.3 is 9.47 Å². The fraction of sp³-hybridized carbons (Fsp3) is 0.160. The maximum absolute atomic E-state index is 13.4. The van der Waals surface area contributed by atoms with E-state index < -0.39 is 0 Å². The molecule has 0 fully saturated rings. The Bertz CT molecular complexity index is 1290. The van der Waals surface area contributed by atoms with Crippen molar-refractivity contribution in [2.45, 2.75) is 13.5 Å². The number of hydrogen-bond acceptors (Lipinski definition) is 3. The molecule has 2 aromatic heterocycles. The molecule has 0 atom stereocenters. The fourth-order valence-electron chi connectivity index (χ4n) is 3.49. The summed E-state index contributed by atoms with van der Waals surface area (Å²) in [6, 6.07) is 15.9. The number of amides is 1. The van der Waals surface area contributed by atoms with Crippen LogP contribution in [0.1, 0.15) is 32.9 Å². The zero-order chi connectivity index (χ0) is 22.0. The summed E-state index contributed by atoms with van der Waals surface area (Å²) in [5.41, 5.74) is 5.42. The number of aryl methyl sites for hydroxylation is 2. The van der Waals surface area contributed by atoms with Crippen LogP contribution >= 0.6 is 15.9 Å². The molecule has 0 aliphatic heterocycles. The highest BCUT2D eigenvalue weighted by atomic mass is 79.9. The Morgan fingerprint density at radius 3 is 2.74 bits per heavy atom. The van der Waals surface area contributed by atoms with E-state index in [1.165, 1.54) is 5.56 Å². The molecule has 0 bridgehead atoms. The van der Waals surface area contributed by atoms with Crippen molar-refractivity contribution in [1.82, 2.24) is 19.4 Å². The van der Waals surface area contributed by atoms with Gasteiger partial charge in [-0.05, 0) is 42.8 Å². The largest absolute Gasteiger partial charge is 0.336 e. The molecule has 0 aliphatic carbocycles. The molecule has 0 saturated carbocycles. The topological polar surface area (TPSA) is 51.0 Å². The predicted molar refractivity (Wildman–Crippen MR) is 129 cm³/mol. The molecular formula is C25H23BrN4O. The van der Waals surface area contributed by atoms with Gasteiger partial charge in [0.2, 0.25) is 0 Å². The Morgan fingerprint density at radius 2 is 2.00 bits per heavy atom. The average Bonchev–Trinajstić information content (AvgIpc) is 3.15. The summed E-state index contributed by atoms with van der Waals surface area (Å²) in [4.78, 5) is 24.0. The third-order valence-electron chi connectivity index (χ3n) is 5.17. The zero-order valence-corrected chi connectivity index (χ0v) is 19.3. The zero-order valence-electron chi connectivity index (χ0n) is 17.7. The molecular weight excluding hydrogens is 452 g/mol. The summed E-state index contributed by atoms with van der Waals surface area (Å²) in [5.74, 6) is -0.0584. The molecule has 156 valence electrons. The molecule has 0 N–H and O–H groups in total. The van der Waals surface area contributed by atoms with Crippen LogP contribution in [-0.4, -0.2) is 32.4 Å². The van der Waals surface area contributed by atoms with Crippen LogP contribution in [0.2, 0.25) is 0 Å². The van der Waals surface area contributed by atoms with E-state index in [1.54, 1.807) is 17.4 Å². The highest BCUT2D eigenvalue weighted by Gasteiger charge is 2.18. The predicted octanol–water partition coefficient (Wildman–Crippen LogP) is 5.48. The summed E-state index contributed by atoms with van der Waals surface area (Å²) >= 11 is 3.52. The first-order valence-electron chi connectivity index (χ1n) is 9.96. The van der Waals surface area contributed by atoms with E-state index in [4.69, 9.17) is 4.98 Å². The van der Waals surface area contributed by atoms with Crippen LogP contribution in [0.3, 0.4) is 0 Å². The van der Waals surface area contributed by atoms with Crippen LogP contribution in [0.15, 0.2) is 65.5 Å². The molecule has 0 radical (unpaired) electrons.